The molecular weight excluding hydrogens is 370 g/mol. The molecule has 7 heteroatoms. The first kappa shape index (κ1) is 19.6. The number of hydrogen-bond acceptors (Lipinski definition) is 6. The highest BCUT2D eigenvalue weighted by atomic mass is 32.1. The van der Waals surface area contributed by atoms with Crippen molar-refractivity contribution in [2.24, 2.45) is 5.92 Å². The highest BCUT2D eigenvalue weighted by Gasteiger charge is 2.28. The van der Waals surface area contributed by atoms with Crippen molar-refractivity contribution in [1.82, 2.24) is 19.8 Å². The third-order valence-corrected chi connectivity index (χ3v) is 6.98. The second-order valence-corrected chi connectivity index (χ2v) is 9.44. The molecule has 0 radical (unpaired) electrons. The molecule has 1 amide bonds. The molecule has 2 aliphatic rings. The number of anilines is 1. The van der Waals surface area contributed by atoms with E-state index in [-0.39, 0.29) is 5.91 Å². The third kappa shape index (κ3) is 3.74. The molecule has 1 saturated heterocycles. The standard InChI is InChI=1S/C21H31N5OS/c1-5-24-7-6-16-17(13-24)28-21-19(16)20(22-18(23-21)12-14(2)3)26-10-8-25(9-11-26)15(4)27/h14H,5-13H2,1-4H3. The van der Waals surface area contributed by atoms with Crippen molar-refractivity contribution in [2.75, 3.05) is 44.2 Å². The van der Waals surface area contributed by atoms with Crippen LogP contribution in [0.2, 0.25) is 0 Å². The molecular formula is C21H31N5OS. The summed E-state index contributed by atoms with van der Waals surface area (Å²) in [6, 6.07) is 0. The average Bonchev–Trinajstić information content (AvgIpc) is 3.04. The molecule has 152 valence electrons. The Morgan fingerprint density at radius 1 is 1.14 bits per heavy atom. The Morgan fingerprint density at radius 3 is 2.54 bits per heavy atom. The Labute approximate surface area is 171 Å². The Balaban J connectivity index is 1.74. The van der Waals surface area contributed by atoms with Crippen molar-refractivity contribution in [3.8, 4) is 0 Å². The lowest BCUT2D eigenvalue weighted by atomic mass is 10.0. The van der Waals surface area contributed by atoms with Crippen molar-refractivity contribution < 1.29 is 4.79 Å². The van der Waals surface area contributed by atoms with Gasteiger partial charge in [-0.3, -0.25) is 9.69 Å². The number of nitrogens with zero attached hydrogens (tertiary/aromatic N) is 5. The first-order chi connectivity index (χ1) is 13.5. The minimum Gasteiger partial charge on any atom is -0.352 e. The van der Waals surface area contributed by atoms with Gasteiger partial charge < -0.3 is 9.80 Å². The van der Waals surface area contributed by atoms with E-state index in [0.717, 1.165) is 75.1 Å². The summed E-state index contributed by atoms with van der Waals surface area (Å²) in [6.07, 6.45) is 1.98. The number of piperazine rings is 1. The van der Waals surface area contributed by atoms with Crippen LogP contribution in [0.25, 0.3) is 10.2 Å². The van der Waals surface area contributed by atoms with Crippen LogP contribution < -0.4 is 4.90 Å². The van der Waals surface area contributed by atoms with Gasteiger partial charge in [-0.05, 0) is 24.4 Å². The van der Waals surface area contributed by atoms with Crippen LogP contribution >= 0.6 is 11.3 Å². The van der Waals surface area contributed by atoms with Gasteiger partial charge in [-0.25, -0.2) is 9.97 Å². The topological polar surface area (TPSA) is 52.6 Å². The Morgan fingerprint density at radius 2 is 1.89 bits per heavy atom. The van der Waals surface area contributed by atoms with Gasteiger partial charge in [0.2, 0.25) is 5.91 Å². The minimum atomic E-state index is 0.167. The minimum absolute atomic E-state index is 0.167. The highest BCUT2D eigenvalue weighted by molar-refractivity contribution is 7.19. The Hall–Kier alpha value is -1.73. The zero-order chi connectivity index (χ0) is 19.8. The summed E-state index contributed by atoms with van der Waals surface area (Å²) >= 11 is 1.86. The van der Waals surface area contributed by atoms with E-state index in [1.54, 1.807) is 6.92 Å². The molecule has 2 aromatic heterocycles. The SMILES string of the molecule is CCN1CCc2c(sc3nc(CC(C)C)nc(N4CCN(C(C)=O)CC4)c23)C1. The zero-order valence-electron chi connectivity index (χ0n) is 17.5. The zero-order valence-corrected chi connectivity index (χ0v) is 18.3. The molecule has 1 fully saturated rings. The number of fused-ring (bicyclic) bond motifs is 3. The maximum absolute atomic E-state index is 11.7. The summed E-state index contributed by atoms with van der Waals surface area (Å²) in [6.45, 7) is 14.8. The fraction of sp³-hybridized carbons (Fsp3) is 0.667. The summed E-state index contributed by atoms with van der Waals surface area (Å²) in [4.78, 5) is 31.2. The lowest BCUT2D eigenvalue weighted by molar-refractivity contribution is -0.129. The van der Waals surface area contributed by atoms with E-state index >= 15 is 0 Å². The maximum atomic E-state index is 11.7. The number of thiophene rings is 1. The number of carbonyl (C=O) groups is 1. The van der Waals surface area contributed by atoms with E-state index in [4.69, 9.17) is 9.97 Å². The normalized spacial score (nSPS) is 18.2. The summed E-state index contributed by atoms with van der Waals surface area (Å²) in [5.74, 6) is 2.76. The lowest BCUT2D eigenvalue weighted by Gasteiger charge is -2.35. The summed E-state index contributed by atoms with van der Waals surface area (Å²) in [5.41, 5.74) is 1.46. The van der Waals surface area contributed by atoms with Crippen molar-refractivity contribution in [2.45, 2.75) is 47.1 Å². The average molecular weight is 402 g/mol. The fourth-order valence-corrected chi connectivity index (χ4v) is 5.54. The van der Waals surface area contributed by atoms with Crippen LogP contribution in [0.5, 0.6) is 0 Å². The first-order valence-corrected chi connectivity index (χ1v) is 11.3. The smallest absolute Gasteiger partial charge is 0.219 e. The molecule has 0 atom stereocenters. The molecule has 2 aliphatic heterocycles. The van der Waals surface area contributed by atoms with E-state index in [1.165, 1.54) is 15.8 Å². The number of rotatable bonds is 4. The van der Waals surface area contributed by atoms with Crippen LogP contribution in [0.1, 0.15) is 44.0 Å². The molecule has 0 saturated carbocycles. The summed E-state index contributed by atoms with van der Waals surface area (Å²) in [5, 5.41) is 1.28. The van der Waals surface area contributed by atoms with Crippen molar-refractivity contribution in [3.63, 3.8) is 0 Å². The van der Waals surface area contributed by atoms with Gasteiger partial charge in [-0.2, -0.15) is 0 Å². The van der Waals surface area contributed by atoms with Crippen molar-refractivity contribution in [3.05, 3.63) is 16.3 Å². The molecule has 6 nitrogen and oxygen atoms in total. The Kier molecular flexibility index (Phi) is 5.56. The van der Waals surface area contributed by atoms with Gasteiger partial charge in [0.1, 0.15) is 16.5 Å². The molecule has 0 N–H and O–H groups in total. The monoisotopic (exact) mass is 401 g/mol. The van der Waals surface area contributed by atoms with E-state index in [9.17, 15) is 4.79 Å². The van der Waals surface area contributed by atoms with Gasteiger partial charge in [0.15, 0.2) is 0 Å². The second-order valence-electron chi connectivity index (χ2n) is 8.36. The molecule has 4 rings (SSSR count). The van der Waals surface area contributed by atoms with Gasteiger partial charge in [0.05, 0.1) is 5.39 Å². The summed E-state index contributed by atoms with van der Waals surface area (Å²) < 4.78 is 0. The fourth-order valence-electron chi connectivity index (χ4n) is 4.26. The number of aromatic nitrogens is 2. The van der Waals surface area contributed by atoms with Gasteiger partial charge in [0.25, 0.3) is 0 Å². The molecule has 28 heavy (non-hydrogen) atoms. The molecule has 4 heterocycles. The predicted octanol–water partition coefficient (Wildman–Crippen LogP) is 2.94. The third-order valence-electron chi connectivity index (χ3n) is 5.87. The number of carbonyl (C=O) groups excluding carboxylic acids is 1. The van der Waals surface area contributed by atoms with Crippen LogP contribution in [0, 0.1) is 5.92 Å². The van der Waals surface area contributed by atoms with E-state index in [2.05, 4.69) is 30.6 Å². The Bertz CT molecular complexity index is 869. The van der Waals surface area contributed by atoms with Gasteiger partial charge >= 0.3 is 0 Å². The molecule has 0 unspecified atom stereocenters. The van der Waals surface area contributed by atoms with Gasteiger partial charge in [0, 0.05) is 57.5 Å². The van der Waals surface area contributed by atoms with Gasteiger partial charge in [-0.15, -0.1) is 11.3 Å². The quantitative estimate of drug-likeness (QED) is 0.788. The van der Waals surface area contributed by atoms with E-state index in [1.807, 2.05) is 16.2 Å². The first-order valence-electron chi connectivity index (χ1n) is 10.5. The van der Waals surface area contributed by atoms with E-state index < -0.39 is 0 Å². The van der Waals surface area contributed by atoms with Crippen LogP contribution in [0.15, 0.2) is 0 Å². The van der Waals surface area contributed by atoms with Crippen LogP contribution in [-0.4, -0.2) is 64.9 Å². The molecule has 0 aromatic carbocycles. The largest absolute Gasteiger partial charge is 0.352 e. The number of hydrogen-bond donors (Lipinski definition) is 0. The summed E-state index contributed by atoms with van der Waals surface area (Å²) in [7, 11) is 0. The molecule has 0 bridgehead atoms. The van der Waals surface area contributed by atoms with Gasteiger partial charge in [-0.1, -0.05) is 20.8 Å². The molecule has 0 spiro atoms. The van der Waals surface area contributed by atoms with Crippen molar-refractivity contribution in [1.29, 1.82) is 0 Å². The highest BCUT2D eigenvalue weighted by Crippen LogP contribution is 2.39. The van der Waals surface area contributed by atoms with Crippen molar-refractivity contribution >= 4 is 33.3 Å². The number of likely N-dealkylation sites (N-methyl/N-ethyl adjacent to an activating group) is 1. The van der Waals surface area contributed by atoms with E-state index in [0.29, 0.717) is 5.92 Å². The predicted molar refractivity (Wildman–Crippen MR) is 115 cm³/mol. The number of amides is 1. The van der Waals surface area contributed by atoms with Crippen LogP contribution in [-0.2, 0) is 24.2 Å². The molecule has 0 aliphatic carbocycles. The second kappa shape index (κ2) is 7.95. The van der Waals surface area contributed by atoms with Crippen LogP contribution in [0.4, 0.5) is 5.82 Å². The lowest BCUT2D eigenvalue weighted by Crippen LogP contribution is -2.48. The van der Waals surface area contributed by atoms with Crippen LogP contribution in [0.3, 0.4) is 0 Å². The maximum Gasteiger partial charge on any atom is 0.219 e. The molecule has 2 aromatic rings.